The molecule has 2 rings (SSSR count). The van der Waals surface area contributed by atoms with Gasteiger partial charge in [0.1, 0.15) is 0 Å². The Balaban J connectivity index is 2.23. The molecule has 0 heterocycles. The maximum Gasteiger partial charge on any atom is 0.255 e. The number of nitrogens with one attached hydrogen (secondary N) is 1. The fraction of sp³-hybridized carbons (Fsp3) is 0. The van der Waals surface area contributed by atoms with Crippen molar-refractivity contribution in [2.24, 2.45) is 0 Å². The number of hydrogen-bond acceptors (Lipinski definition) is 1. The van der Waals surface area contributed by atoms with Crippen LogP contribution in [0.15, 0.2) is 45.3 Å². The van der Waals surface area contributed by atoms with Gasteiger partial charge in [-0.2, -0.15) is 0 Å². The molecular weight excluding hydrogens is 417 g/mol. The molecule has 0 atom stereocenters. The van der Waals surface area contributed by atoms with Crippen molar-refractivity contribution in [3.63, 3.8) is 0 Å². The van der Waals surface area contributed by atoms with Gasteiger partial charge < -0.3 is 5.32 Å². The molecule has 2 aromatic rings. The van der Waals surface area contributed by atoms with Gasteiger partial charge in [-0.3, -0.25) is 4.79 Å². The van der Waals surface area contributed by atoms with E-state index in [1.54, 1.807) is 18.2 Å². The average molecular weight is 424 g/mol. The van der Waals surface area contributed by atoms with E-state index in [9.17, 15) is 4.79 Å². The third-order valence-corrected chi connectivity index (χ3v) is 4.25. The van der Waals surface area contributed by atoms with Gasteiger partial charge in [0.2, 0.25) is 0 Å². The van der Waals surface area contributed by atoms with Gasteiger partial charge >= 0.3 is 0 Å². The number of carbonyl (C=O) groups excluding carboxylic acids is 1. The molecule has 0 bridgehead atoms. The number of carbonyl (C=O) groups is 1. The minimum Gasteiger partial charge on any atom is -0.321 e. The maximum atomic E-state index is 12.1. The first-order chi connectivity index (χ1) is 8.97. The molecule has 0 radical (unpaired) electrons. The van der Waals surface area contributed by atoms with Crippen molar-refractivity contribution in [1.82, 2.24) is 0 Å². The Bertz CT molecular complexity index is 647. The monoisotopic (exact) mass is 421 g/mol. The van der Waals surface area contributed by atoms with Crippen LogP contribution in [0.4, 0.5) is 5.69 Å². The molecule has 1 N–H and O–H groups in total. The van der Waals surface area contributed by atoms with Crippen LogP contribution in [0.3, 0.4) is 0 Å². The van der Waals surface area contributed by atoms with E-state index in [1.165, 1.54) is 6.07 Å². The van der Waals surface area contributed by atoms with E-state index < -0.39 is 0 Å². The minimum absolute atomic E-state index is 0.249. The third kappa shape index (κ3) is 3.72. The van der Waals surface area contributed by atoms with Gasteiger partial charge in [0.05, 0.1) is 15.7 Å². The Labute approximate surface area is 137 Å². The number of rotatable bonds is 2. The SMILES string of the molecule is O=C(Nc1ccc(Br)cc1Br)c1ccc(Cl)c(Cl)c1. The van der Waals surface area contributed by atoms with Gasteiger partial charge in [-0.25, -0.2) is 0 Å². The summed E-state index contributed by atoms with van der Waals surface area (Å²) in [4.78, 5) is 12.1. The number of halogens is 4. The Morgan fingerprint density at radius 2 is 1.74 bits per heavy atom. The van der Waals surface area contributed by atoms with Crippen LogP contribution >= 0.6 is 55.1 Å². The Kier molecular flexibility index (Phi) is 4.90. The zero-order valence-corrected chi connectivity index (χ0v) is 14.1. The average Bonchev–Trinajstić information content (AvgIpc) is 2.36. The van der Waals surface area contributed by atoms with E-state index >= 15 is 0 Å². The first-order valence-electron chi connectivity index (χ1n) is 5.19. The molecule has 2 nitrogen and oxygen atoms in total. The van der Waals surface area contributed by atoms with Crippen LogP contribution in [0.5, 0.6) is 0 Å². The van der Waals surface area contributed by atoms with Gasteiger partial charge in [-0.05, 0) is 52.3 Å². The van der Waals surface area contributed by atoms with E-state index in [2.05, 4.69) is 37.2 Å². The van der Waals surface area contributed by atoms with Crippen molar-refractivity contribution in [1.29, 1.82) is 0 Å². The van der Waals surface area contributed by atoms with Crippen LogP contribution in [0, 0.1) is 0 Å². The fourth-order valence-corrected chi connectivity index (χ4v) is 2.87. The van der Waals surface area contributed by atoms with Crippen LogP contribution in [-0.4, -0.2) is 5.91 Å². The highest BCUT2D eigenvalue weighted by Crippen LogP contribution is 2.27. The third-order valence-electron chi connectivity index (χ3n) is 2.36. The maximum absolute atomic E-state index is 12.1. The van der Waals surface area contributed by atoms with Gasteiger partial charge in [0, 0.05) is 14.5 Å². The van der Waals surface area contributed by atoms with E-state index in [0.717, 1.165) is 8.95 Å². The lowest BCUT2D eigenvalue weighted by Gasteiger charge is -2.08. The number of hydrogen-bond donors (Lipinski definition) is 1. The van der Waals surface area contributed by atoms with E-state index in [-0.39, 0.29) is 5.91 Å². The van der Waals surface area contributed by atoms with Gasteiger partial charge in [0.15, 0.2) is 0 Å². The summed E-state index contributed by atoms with van der Waals surface area (Å²) in [6.45, 7) is 0. The van der Waals surface area contributed by atoms with Gasteiger partial charge in [-0.15, -0.1) is 0 Å². The summed E-state index contributed by atoms with van der Waals surface area (Å²) in [6.07, 6.45) is 0. The molecule has 19 heavy (non-hydrogen) atoms. The second-order valence-corrected chi connectivity index (χ2v) is 6.29. The zero-order chi connectivity index (χ0) is 14.0. The molecule has 0 aliphatic heterocycles. The van der Waals surface area contributed by atoms with Gasteiger partial charge in [-0.1, -0.05) is 39.1 Å². The molecule has 0 aliphatic carbocycles. The van der Waals surface area contributed by atoms with E-state index in [4.69, 9.17) is 23.2 Å². The molecule has 0 spiro atoms. The summed E-state index contributed by atoms with van der Waals surface area (Å²) in [5.41, 5.74) is 1.13. The second kappa shape index (κ2) is 6.27. The lowest BCUT2D eigenvalue weighted by molar-refractivity contribution is 0.102. The standard InChI is InChI=1S/C13H7Br2Cl2NO/c14-8-2-4-12(9(15)6-8)18-13(19)7-1-3-10(16)11(17)5-7/h1-6H,(H,18,19). The molecule has 0 unspecified atom stereocenters. The van der Waals surface area contributed by atoms with Crippen LogP contribution in [0.1, 0.15) is 10.4 Å². The van der Waals surface area contributed by atoms with Crippen LogP contribution in [0.2, 0.25) is 10.0 Å². The highest BCUT2D eigenvalue weighted by atomic mass is 79.9. The topological polar surface area (TPSA) is 29.1 Å². The largest absolute Gasteiger partial charge is 0.321 e. The first kappa shape index (κ1) is 14.9. The smallest absolute Gasteiger partial charge is 0.255 e. The van der Waals surface area contributed by atoms with Crippen LogP contribution in [0.25, 0.3) is 0 Å². The molecule has 0 saturated heterocycles. The highest BCUT2D eigenvalue weighted by Gasteiger charge is 2.10. The van der Waals surface area contributed by atoms with Crippen molar-refractivity contribution < 1.29 is 4.79 Å². The molecule has 1 amide bonds. The number of benzene rings is 2. The highest BCUT2D eigenvalue weighted by molar-refractivity contribution is 9.11. The van der Waals surface area contributed by atoms with Crippen molar-refractivity contribution in [2.45, 2.75) is 0 Å². The van der Waals surface area contributed by atoms with E-state index in [0.29, 0.717) is 21.3 Å². The van der Waals surface area contributed by atoms with Gasteiger partial charge in [0.25, 0.3) is 5.91 Å². The molecule has 0 saturated carbocycles. The van der Waals surface area contributed by atoms with Crippen LogP contribution in [-0.2, 0) is 0 Å². The lowest BCUT2D eigenvalue weighted by atomic mass is 10.2. The normalized spacial score (nSPS) is 10.3. The summed E-state index contributed by atoms with van der Waals surface area (Å²) in [5, 5.41) is 3.56. The molecular formula is C13H7Br2Cl2NO. The number of anilines is 1. The summed E-state index contributed by atoms with van der Waals surface area (Å²) >= 11 is 18.4. The van der Waals surface area contributed by atoms with Crippen molar-refractivity contribution in [3.05, 3.63) is 61.0 Å². The predicted octanol–water partition coefficient (Wildman–Crippen LogP) is 5.77. The number of amides is 1. The summed E-state index contributed by atoms with van der Waals surface area (Å²) in [5.74, 6) is -0.249. The Morgan fingerprint density at radius 3 is 2.37 bits per heavy atom. The molecule has 0 aromatic heterocycles. The Morgan fingerprint density at radius 1 is 1.00 bits per heavy atom. The van der Waals surface area contributed by atoms with E-state index in [1.807, 2.05) is 12.1 Å². The predicted molar refractivity (Wildman–Crippen MR) is 86.3 cm³/mol. The minimum atomic E-state index is -0.249. The lowest BCUT2D eigenvalue weighted by Crippen LogP contribution is -2.12. The fourth-order valence-electron chi connectivity index (χ4n) is 1.42. The summed E-state index contributed by atoms with van der Waals surface area (Å²) in [7, 11) is 0. The van der Waals surface area contributed by atoms with Crippen molar-refractivity contribution in [2.75, 3.05) is 5.32 Å². The summed E-state index contributed by atoms with van der Waals surface area (Å²) < 4.78 is 1.71. The summed E-state index contributed by atoms with van der Waals surface area (Å²) in [6, 6.07) is 10.2. The molecule has 6 heteroatoms. The molecule has 2 aromatic carbocycles. The quantitative estimate of drug-likeness (QED) is 0.652. The molecule has 0 fully saturated rings. The molecule has 98 valence electrons. The Hall–Kier alpha value is -0.550. The second-order valence-electron chi connectivity index (χ2n) is 3.71. The first-order valence-corrected chi connectivity index (χ1v) is 7.53. The zero-order valence-electron chi connectivity index (χ0n) is 9.38. The van der Waals surface area contributed by atoms with Crippen molar-refractivity contribution >= 4 is 66.7 Å². The molecule has 0 aliphatic rings. The van der Waals surface area contributed by atoms with Crippen molar-refractivity contribution in [3.8, 4) is 0 Å². The van der Waals surface area contributed by atoms with Crippen LogP contribution < -0.4 is 5.32 Å².